The number of urea groups is 1. The van der Waals surface area contributed by atoms with Crippen molar-refractivity contribution in [3.8, 4) is 0 Å². The Morgan fingerprint density at radius 1 is 1.26 bits per heavy atom. The van der Waals surface area contributed by atoms with Crippen molar-refractivity contribution in [2.75, 3.05) is 19.7 Å². The molecule has 0 bridgehead atoms. The lowest BCUT2D eigenvalue weighted by molar-refractivity contribution is -0.136. The number of nitrogens with one attached hydrogen (secondary N) is 2. The third kappa shape index (κ3) is 4.50. The van der Waals surface area contributed by atoms with E-state index in [4.69, 9.17) is 4.74 Å². The molecule has 1 aromatic rings. The number of benzene rings is 1. The molecule has 3 aliphatic rings. The molecule has 7 heteroatoms. The molecule has 0 spiro atoms. The molecule has 164 valence electrons. The van der Waals surface area contributed by atoms with E-state index in [-0.39, 0.29) is 19.1 Å². The van der Waals surface area contributed by atoms with Crippen molar-refractivity contribution in [2.24, 2.45) is 0 Å². The van der Waals surface area contributed by atoms with Crippen molar-refractivity contribution in [1.82, 2.24) is 15.5 Å². The molecule has 2 aliphatic heterocycles. The standard InChI is InChI=1S/C24H29N3O4/c1-15-8-9-16(2)18(12-15)22-21-19(14-31-23(21)29)27(24(30)26-22)13-20(28)25-11-10-17-6-4-3-5-7-17/h6,8-9,12,22H,3-5,7,10-11,13-14H2,1-2H3,(H,25,28)(H,26,30). The maximum atomic E-state index is 12.9. The fraction of sp³-hybridized carbons (Fsp3) is 0.458. The first-order valence-corrected chi connectivity index (χ1v) is 10.9. The second-order valence-electron chi connectivity index (χ2n) is 8.47. The van der Waals surface area contributed by atoms with Gasteiger partial charge in [-0.3, -0.25) is 9.69 Å². The molecule has 1 atom stereocenters. The summed E-state index contributed by atoms with van der Waals surface area (Å²) < 4.78 is 5.26. The first-order chi connectivity index (χ1) is 14.9. The van der Waals surface area contributed by atoms with Crippen molar-refractivity contribution < 1.29 is 19.1 Å². The fourth-order valence-corrected chi connectivity index (χ4v) is 4.48. The van der Waals surface area contributed by atoms with Crippen LogP contribution in [0.25, 0.3) is 0 Å². The van der Waals surface area contributed by atoms with Crippen LogP contribution in [0.2, 0.25) is 0 Å². The van der Waals surface area contributed by atoms with Crippen LogP contribution in [0.1, 0.15) is 54.8 Å². The molecular formula is C24H29N3O4. The van der Waals surface area contributed by atoms with Gasteiger partial charge >= 0.3 is 12.0 Å². The van der Waals surface area contributed by atoms with Gasteiger partial charge in [0.05, 0.1) is 17.3 Å². The molecule has 2 N–H and O–H groups in total. The summed E-state index contributed by atoms with van der Waals surface area (Å²) in [5, 5.41) is 5.80. The van der Waals surface area contributed by atoms with E-state index in [0.717, 1.165) is 36.0 Å². The average molecular weight is 424 g/mol. The average Bonchev–Trinajstić information content (AvgIpc) is 3.14. The van der Waals surface area contributed by atoms with E-state index in [1.165, 1.54) is 23.3 Å². The highest BCUT2D eigenvalue weighted by Gasteiger charge is 2.43. The second kappa shape index (κ2) is 8.96. The number of allylic oxidation sites excluding steroid dienone is 1. The number of amides is 3. The van der Waals surface area contributed by atoms with Gasteiger partial charge in [0.2, 0.25) is 5.91 Å². The zero-order chi connectivity index (χ0) is 22.0. The van der Waals surface area contributed by atoms with Crippen molar-refractivity contribution in [3.63, 3.8) is 0 Å². The Morgan fingerprint density at radius 2 is 2.10 bits per heavy atom. The van der Waals surface area contributed by atoms with Crippen LogP contribution in [0, 0.1) is 13.8 Å². The predicted molar refractivity (Wildman–Crippen MR) is 116 cm³/mol. The highest BCUT2D eigenvalue weighted by molar-refractivity contribution is 5.98. The van der Waals surface area contributed by atoms with Gasteiger partial charge in [-0.2, -0.15) is 0 Å². The smallest absolute Gasteiger partial charge is 0.338 e. The van der Waals surface area contributed by atoms with E-state index < -0.39 is 18.0 Å². The first-order valence-electron chi connectivity index (χ1n) is 10.9. The molecule has 1 aromatic carbocycles. The normalized spacial score (nSPS) is 20.8. The molecule has 0 fully saturated rings. The number of nitrogens with zero attached hydrogens (tertiary/aromatic N) is 1. The van der Waals surface area contributed by atoms with Crippen LogP contribution in [-0.4, -0.2) is 42.5 Å². The Bertz CT molecular complexity index is 979. The van der Waals surface area contributed by atoms with Crippen LogP contribution in [0.15, 0.2) is 41.1 Å². The zero-order valence-electron chi connectivity index (χ0n) is 18.1. The summed E-state index contributed by atoms with van der Waals surface area (Å²) in [6.45, 7) is 4.33. The minimum absolute atomic E-state index is 0.00309. The molecule has 2 heterocycles. The van der Waals surface area contributed by atoms with Crippen LogP contribution < -0.4 is 10.6 Å². The van der Waals surface area contributed by atoms with E-state index in [9.17, 15) is 14.4 Å². The van der Waals surface area contributed by atoms with Gasteiger partial charge in [0, 0.05) is 6.54 Å². The number of cyclic esters (lactones) is 1. The van der Waals surface area contributed by atoms with E-state index in [1.807, 2.05) is 32.0 Å². The third-order valence-corrected chi connectivity index (χ3v) is 6.20. The van der Waals surface area contributed by atoms with Gasteiger partial charge in [0.1, 0.15) is 13.2 Å². The number of rotatable bonds is 6. The number of hydrogen-bond donors (Lipinski definition) is 2. The highest BCUT2D eigenvalue weighted by Crippen LogP contribution is 2.36. The largest absolute Gasteiger partial charge is 0.456 e. The summed E-state index contributed by atoms with van der Waals surface area (Å²) in [5.41, 5.74) is 5.16. The number of ether oxygens (including phenoxy) is 1. The molecular weight excluding hydrogens is 394 g/mol. The SMILES string of the molecule is Cc1ccc(C)c(C2NC(=O)N(CC(=O)NCCC3=CCCCC3)C3=C2C(=O)OC3)c1. The Balaban J connectivity index is 1.48. The van der Waals surface area contributed by atoms with Crippen molar-refractivity contribution >= 4 is 17.9 Å². The predicted octanol–water partition coefficient (Wildman–Crippen LogP) is 3.19. The monoisotopic (exact) mass is 423 g/mol. The number of carbonyl (C=O) groups is 3. The summed E-state index contributed by atoms with van der Waals surface area (Å²) in [5.74, 6) is -0.696. The summed E-state index contributed by atoms with van der Waals surface area (Å²) in [7, 11) is 0. The Morgan fingerprint density at radius 3 is 2.87 bits per heavy atom. The number of esters is 1. The highest BCUT2D eigenvalue weighted by atomic mass is 16.5. The van der Waals surface area contributed by atoms with E-state index >= 15 is 0 Å². The molecule has 1 unspecified atom stereocenters. The van der Waals surface area contributed by atoms with Crippen LogP contribution in [-0.2, 0) is 14.3 Å². The lowest BCUT2D eigenvalue weighted by Gasteiger charge is -2.33. The van der Waals surface area contributed by atoms with Gasteiger partial charge in [-0.15, -0.1) is 0 Å². The molecule has 31 heavy (non-hydrogen) atoms. The lowest BCUT2D eigenvalue weighted by Crippen LogP contribution is -2.50. The fourth-order valence-electron chi connectivity index (χ4n) is 4.48. The second-order valence-corrected chi connectivity index (χ2v) is 8.47. The van der Waals surface area contributed by atoms with Gasteiger partial charge in [-0.05, 0) is 57.1 Å². The quantitative estimate of drug-likeness (QED) is 0.543. The van der Waals surface area contributed by atoms with Crippen LogP contribution >= 0.6 is 0 Å². The van der Waals surface area contributed by atoms with E-state index in [1.54, 1.807) is 0 Å². The maximum absolute atomic E-state index is 12.9. The topological polar surface area (TPSA) is 87.7 Å². The summed E-state index contributed by atoms with van der Waals surface area (Å²) >= 11 is 0. The Kier molecular flexibility index (Phi) is 6.11. The van der Waals surface area contributed by atoms with Gasteiger partial charge in [-0.1, -0.05) is 35.4 Å². The summed E-state index contributed by atoms with van der Waals surface area (Å²) in [4.78, 5) is 39.3. The minimum Gasteiger partial charge on any atom is -0.456 e. The van der Waals surface area contributed by atoms with Gasteiger partial charge in [-0.25, -0.2) is 9.59 Å². The number of carbonyl (C=O) groups excluding carboxylic acids is 3. The van der Waals surface area contributed by atoms with Gasteiger partial charge in [0.25, 0.3) is 0 Å². The molecule has 0 saturated heterocycles. The number of hydrogen-bond acceptors (Lipinski definition) is 4. The zero-order valence-corrected chi connectivity index (χ0v) is 18.1. The molecule has 0 aromatic heterocycles. The lowest BCUT2D eigenvalue weighted by atomic mass is 9.91. The molecule has 3 amide bonds. The molecule has 0 saturated carbocycles. The van der Waals surface area contributed by atoms with Crippen LogP contribution in [0.3, 0.4) is 0 Å². The summed E-state index contributed by atoms with van der Waals surface area (Å²) in [6.07, 6.45) is 7.76. The first kappa shape index (κ1) is 21.2. The van der Waals surface area contributed by atoms with Gasteiger partial charge < -0.3 is 15.4 Å². The Hall–Kier alpha value is -3.09. The maximum Gasteiger partial charge on any atom is 0.338 e. The molecule has 4 rings (SSSR count). The van der Waals surface area contributed by atoms with Crippen LogP contribution in [0.5, 0.6) is 0 Å². The van der Waals surface area contributed by atoms with E-state index in [0.29, 0.717) is 17.8 Å². The minimum atomic E-state index is -0.574. The third-order valence-electron chi connectivity index (χ3n) is 6.20. The molecule has 0 radical (unpaired) electrons. The summed E-state index contributed by atoms with van der Waals surface area (Å²) in [6, 6.07) is 4.96. The molecule has 7 nitrogen and oxygen atoms in total. The van der Waals surface area contributed by atoms with Crippen LogP contribution in [0.4, 0.5) is 4.79 Å². The van der Waals surface area contributed by atoms with E-state index in [2.05, 4.69) is 16.7 Å². The van der Waals surface area contributed by atoms with Crippen molar-refractivity contribution in [1.29, 1.82) is 0 Å². The van der Waals surface area contributed by atoms with Gasteiger partial charge in [0.15, 0.2) is 0 Å². The van der Waals surface area contributed by atoms with Crippen molar-refractivity contribution in [2.45, 2.75) is 52.0 Å². The molecule has 1 aliphatic carbocycles. The Labute approximate surface area is 182 Å². The van der Waals surface area contributed by atoms with Crippen molar-refractivity contribution in [3.05, 3.63) is 57.8 Å². The number of aryl methyl sites for hydroxylation is 2.